The highest BCUT2D eigenvalue weighted by atomic mass is 35.5. The molecule has 0 fully saturated rings. The zero-order chi connectivity index (χ0) is 17.3. The van der Waals surface area contributed by atoms with E-state index in [9.17, 15) is 9.59 Å². The number of fused-ring (bicyclic) bond motifs is 1. The Morgan fingerprint density at radius 1 is 1.29 bits per heavy atom. The summed E-state index contributed by atoms with van der Waals surface area (Å²) in [5.41, 5.74) is 3.11. The smallest absolute Gasteiger partial charge is 0.313 e. The van der Waals surface area contributed by atoms with Gasteiger partial charge in [-0.15, -0.1) is 0 Å². The highest BCUT2D eigenvalue weighted by Crippen LogP contribution is 2.35. The van der Waals surface area contributed by atoms with Crippen LogP contribution in [-0.2, 0) is 16.1 Å². The lowest BCUT2D eigenvalue weighted by molar-refractivity contribution is -0.144. The summed E-state index contributed by atoms with van der Waals surface area (Å²) < 4.78 is 5.04. The van der Waals surface area contributed by atoms with Gasteiger partial charge < -0.3 is 9.64 Å². The molecule has 0 spiro atoms. The molecule has 2 aromatic rings. The number of nitrogens with zero attached hydrogens (tertiary/aromatic N) is 1. The van der Waals surface area contributed by atoms with Crippen molar-refractivity contribution in [3.63, 3.8) is 0 Å². The number of hydrogen-bond acceptors (Lipinski definition) is 3. The van der Waals surface area contributed by atoms with Crippen molar-refractivity contribution >= 4 is 29.2 Å². The number of rotatable bonds is 4. The largest absolute Gasteiger partial charge is 0.466 e. The van der Waals surface area contributed by atoms with Crippen molar-refractivity contribution in [2.24, 2.45) is 0 Å². The second-order valence-corrected chi connectivity index (χ2v) is 6.14. The first-order valence-electron chi connectivity index (χ1n) is 7.88. The minimum absolute atomic E-state index is 0.0568. The summed E-state index contributed by atoms with van der Waals surface area (Å²) in [5, 5.41) is 0.449. The zero-order valence-corrected chi connectivity index (χ0v) is 14.3. The fourth-order valence-corrected chi connectivity index (χ4v) is 3.15. The van der Waals surface area contributed by atoms with Gasteiger partial charge in [0.25, 0.3) is 5.91 Å². The quantitative estimate of drug-likeness (QED) is 0.783. The molecule has 2 aromatic carbocycles. The Labute approximate surface area is 146 Å². The summed E-state index contributed by atoms with van der Waals surface area (Å²) in [6.45, 7) is 4.40. The molecule has 5 heteroatoms. The van der Waals surface area contributed by atoms with E-state index in [2.05, 4.69) is 0 Å². The first-order chi connectivity index (χ1) is 11.5. The van der Waals surface area contributed by atoms with Gasteiger partial charge in [-0.25, -0.2) is 0 Å². The topological polar surface area (TPSA) is 46.6 Å². The van der Waals surface area contributed by atoms with E-state index in [1.54, 1.807) is 30.9 Å². The molecule has 0 aliphatic carbocycles. The maximum absolute atomic E-state index is 12.6. The van der Waals surface area contributed by atoms with Gasteiger partial charge in [0, 0.05) is 5.56 Å². The Balaban J connectivity index is 1.87. The average molecular weight is 344 g/mol. The third-order valence-corrected chi connectivity index (χ3v) is 4.53. The van der Waals surface area contributed by atoms with E-state index >= 15 is 0 Å². The predicted molar refractivity (Wildman–Crippen MR) is 93.5 cm³/mol. The van der Waals surface area contributed by atoms with Crippen LogP contribution in [0.3, 0.4) is 0 Å². The molecular formula is C19H18ClNO3. The summed E-state index contributed by atoms with van der Waals surface area (Å²) in [6, 6.07) is 12.9. The summed E-state index contributed by atoms with van der Waals surface area (Å²) >= 11 is 6.40. The van der Waals surface area contributed by atoms with Crippen LogP contribution in [0.2, 0.25) is 5.02 Å². The van der Waals surface area contributed by atoms with Gasteiger partial charge in [-0.1, -0.05) is 35.9 Å². The molecule has 1 aliphatic rings. The van der Waals surface area contributed by atoms with Crippen LogP contribution in [0.4, 0.5) is 5.69 Å². The molecule has 24 heavy (non-hydrogen) atoms. The van der Waals surface area contributed by atoms with E-state index in [0.717, 1.165) is 11.1 Å². The van der Waals surface area contributed by atoms with Crippen molar-refractivity contribution < 1.29 is 14.3 Å². The van der Waals surface area contributed by atoms with Gasteiger partial charge >= 0.3 is 5.97 Å². The lowest BCUT2D eigenvalue weighted by Crippen LogP contribution is -2.23. The molecule has 0 aromatic heterocycles. The summed E-state index contributed by atoms with van der Waals surface area (Å²) in [4.78, 5) is 26.1. The van der Waals surface area contributed by atoms with Crippen LogP contribution in [-0.4, -0.2) is 18.5 Å². The van der Waals surface area contributed by atoms with E-state index in [1.807, 2.05) is 30.3 Å². The minimum Gasteiger partial charge on any atom is -0.466 e. The lowest BCUT2D eigenvalue weighted by Gasteiger charge is -2.19. The first-order valence-corrected chi connectivity index (χ1v) is 8.26. The van der Waals surface area contributed by atoms with Crippen LogP contribution < -0.4 is 4.90 Å². The van der Waals surface area contributed by atoms with Gasteiger partial charge in [-0.2, -0.15) is 0 Å². The van der Waals surface area contributed by atoms with Crippen LogP contribution in [0.15, 0.2) is 42.5 Å². The Kier molecular flexibility index (Phi) is 4.58. The van der Waals surface area contributed by atoms with Crippen LogP contribution in [0.5, 0.6) is 0 Å². The number of carbonyl (C=O) groups excluding carboxylic acids is 2. The van der Waals surface area contributed by atoms with Crippen molar-refractivity contribution in [1.82, 2.24) is 0 Å². The fraction of sp³-hybridized carbons (Fsp3) is 0.263. The van der Waals surface area contributed by atoms with Crippen LogP contribution >= 0.6 is 11.6 Å². The summed E-state index contributed by atoms with van der Waals surface area (Å²) in [7, 11) is 0. The number of halogens is 1. The zero-order valence-electron chi connectivity index (χ0n) is 13.6. The molecule has 3 rings (SSSR count). The van der Waals surface area contributed by atoms with Crippen LogP contribution in [0, 0.1) is 0 Å². The minimum atomic E-state index is -0.400. The Hall–Kier alpha value is -2.33. The van der Waals surface area contributed by atoms with E-state index in [1.165, 1.54) is 0 Å². The first kappa shape index (κ1) is 16.5. The number of anilines is 1. The van der Waals surface area contributed by atoms with Crippen molar-refractivity contribution in [2.75, 3.05) is 11.5 Å². The maximum atomic E-state index is 12.6. The van der Waals surface area contributed by atoms with E-state index in [0.29, 0.717) is 29.4 Å². The lowest BCUT2D eigenvalue weighted by atomic mass is 10.0. The number of ether oxygens (including phenoxy) is 1. The molecule has 1 atom stereocenters. The second kappa shape index (κ2) is 6.65. The molecule has 0 saturated carbocycles. The molecule has 1 amide bonds. The van der Waals surface area contributed by atoms with Crippen molar-refractivity contribution in [3.05, 3.63) is 64.2 Å². The Morgan fingerprint density at radius 2 is 2.04 bits per heavy atom. The van der Waals surface area contributed by atoms with Crippen molar-refractivity contribution in [1.29, 1.82) is 0 Å². The maximum Gasteiger partial charge on any atom is 0.313 e. The molecular weight excluding hydrogens is 326 g/mol. The average Bonchev–Trinajstić information content (AvgIpc) is 2.91. The number of benzene rings is 2. The van der Waals surface area contributed by atoms with Crippen molar-refractivity contribution in [3.8, 4) is 0 Å². The summed E-state index contributed by atoms with van der Waals surface area (Å²) in [5.74, 6) is -0.743. The van der Waals surface area contributed by atoms with E-state index in [-0.39, 0.29) is 11.9 Å². The number of esters is 1. The molecule has 0 saturated heterocycles. The molecule has 1 unspecified atom stereocenters. The molecule has 1 aliphatic heterocycles. The SMILES string of the molecule is CCOC(=O)C(C)c1ccc(N2Cc3ccccc3C2=O)c(Cl)c1. The van der Waals surface area contributed by atoms with Crippen LogP contribution in [0.25, 0.3) is 0 Å². The van der Waals surface area contributed by atoms with E-state index < -0.39 is 5.92 Å². The number of hydrogen-bond donors (Lipinski definition) is 0. The standard InChI is InChI=1S/C19H18ClNO3/c1-3-24-19(23)12(2)13-8-9-17(16(20)10-13)21-11-14-6-4-5-7-15(14)18(21)22/h4-10,12H,3,11H2,1-2H3. The van der Waals surface area contributed by atoms with Gasteiger partial charge in [0.15, 0.2) is 0 Å². The molecule has 0 radical (unpaired) electrons. The molecule has 4 nitrogen and oxygen atoms in total. The number of amides is 1. The highest BCUT2D eigenvalue weighted by molar-refractivity contribution is 6.34. The number of carbonyl (C=O) groups is 2. The van der Waals surface area contributed by atoms with Crippen LogP contribution in [0.1, 0.15) is 41.3 Å². The molecule has 124 valence electrons. The van der Waals surface area contributed by atoms with Crippen molar-refractivity contribution in [2.45, 2.75) is 26.3 Å². The third-order valence-electron chi connectivity index (χ3n) is 4.22. The van der Waals surface area contributed by atoms with Gasteiger partial charge in [0.1, 0.15) is 0 Å². The summed E-state index contributed by atoms with van der Waals surface area (Å²) in [6.07, 6.45) is 0. The molecule has 1 heterocycles. The van der Waals surface area contributed by atoms with Gasteiger partial charge in [-0.05, 0) is 43.2 Å². The fourth-order valence-electron chi connectivity index (χ4n) is 2.86. The van der Waals surface area contributed by atoms with Gasteiger partial charge in [0.05, 0.1) is 29.8 Å². The third kappa shape index (κ3) is 2.89. The Morgan fingerprint density at radius 3 is 2.71 bits per heavy atom. The van der Waals surface area contributed by atoms with E-state index in [4.69, 9.17) is 16.3 Å². The second-order valence-electron chi connectivity index (χ2n) is 5.73. The normalized spacial score (nSPS) is 14.5. The van der Waals surface area contributed by atoms with Gasteiger partial charge in [0.2, 0.25) is 0 Å². The highest BCUT2D eigenvalue weighted by Gasteiger charge is 2.29. The monoisotopic (exact) mass is 343 g/mol. The predicted octanol–water partition coefficient (Wildman–Crippen LogP) is 4.17. The Bertz CT molecular complexity index is 803. The molecule has 0 N–H and O–H groups in total. The molecule has 0 bridgehead atoms. The van der Waals surface area contributed by atoms with Gasteiger partial charge in [-0.3, -0.25) is 9.59 Å².